The minimum Gasteiger partial charge on any atom is -1.00 e. The summed E-state index contributed by atoms with van der Waals surface area (Å²) in [6.07, 6.45) is 2.35. The van der Waals surface area contributed by atoms with Crippen molar-refractivity contribution < 1.29 is 43.2 Å². The monoisotopic (exact) mass is 395 g/mol. The van der Waals surface area contributed by atoms with E-state index in [1.165, 1.54) is 0 Å². The van der Waals surface area contributed by atoms with Crippen molar-refractivity contribution in [1.82, 2.24) is 0 Å². The third kappa shape index (κ3) is 7.85. The molecule has 0 aromatic heterocycles. The molecule has 0 aromatic carbocycles. The molecule has 0 fully saturated rings. The molecule has 0 aliphatic carbocycles. The Balaban J connectivity index is 0. The molecule has 0 heterocycles. The zero-order valence-corrected chi connectivity index (χ0v) is 15.5. The van der Waals surface area contributed by atoms with Crippen LogP contribution in [0.15, 0.2) is 0 Å². The number of quaternary nitrogens is 1. The summed E-state index contributed by atoms with van der Waals surface area (Å²) in [5.41, 5.74) is 0. The van der Waals surface area contributed by atoms with Gasteiger partial charge in [0.1, 0.15) is 0 Å². The van der Waals surface area contributed by atoms with Gasteiger partial charge in [-0.3, -0.25) is 4.55 Å². The Hall–Kier alpha value is 0.210. The summed E-state index contributed by atoms with van der Waals surface area (Å²) < 4.78 is 59.8. The van der Waals surface area contributed by atoms with Crippen LogP contribution < -0.4 is 17.0 Å². The normalized spacial score (nSPS) is 13.0. The van der Waals surface area contributed by atoms with Crippen LogP contribution in [0.25, 0.3) is 0 Å². The lowest BCUT2D eigenvalue weighted by Gasteiger charge is -2.43. The fourth-order valence-corrected chi connectivity index (χ4v) is 3.51. The van der Waals surface area contributed by atoms with Gasteiger partial charge in [-0.15, -0.1) is 8.78 Å². The molecule has 0 saturated carbocycles. The molecule has 0 bridgehead atoms. The molecule has 130 valence electrons. The van der Waals surface area contributed by atoms with Crippen molar-refractivity contribution in [2.24, 2.45) is 0 Å². The second kappa shape index (κ2) is 10.1. The number of halogens is 3. The van der Waals surface area contributed by atoms with E-state index in [0.29, 0.717) is 25.7 Å². The Labute approximate surface area is 138 Å². The molecule has 4 nitrogen and oxygen atoms in total. The fourth-order valence-electron chi connectivity index (χ4n) is 2.43. The van der Waals surface area contributed by atoms with Crippen LogP contribution in [-0.4, -0.2) is 42.5 Å². The molecule has 0 atom stereocenters. The lowest BCUT2D eigenvalue weighted by Crippen LogP contribution is -3.00. The van der Waals surface area contributed by atoms with Crippen LogP contribution in [0.5, 0.6) is 0 Å². The SMILES string of the molecule is CCCC[N+](CCCC)(CS(=O)(=O)O)C(F)(F)CCC.[Br-]. The van der Waals surface area contributed by atoms with Gasteiger partial charge in [-0.1, -0.05) is 33.6 Å². The molecule has 0 spiro atoms. The molecule has 0 aliphatic heterocycles. The van der Waals surface area contributed by atoms with E-state index in [1.54, 1.807) is 6.92 Å². The van der Waals surface area contributed by atoms with Gasteiger partial charge < -0.3 is 17.0 Å². The van der Waals surface area contributed by atoms with Gasteiger partial charge in [-0.2, -0.15) is 8.42 Å². The second-order valence-corrected chi connectivity index (χ2v) is 6.85. The highest BCUT2D eigenvalue weighted by molar-refractivity contribution is 7.85. The Morgan fingerprint density at radius 1 is 1.00 bits per heavy atom. The molecule has 0 aromatic rings. The van der Waals surface area contributed by atoms with Crippen LogP contribution in [0.3, 0.4) is 0 Å². The number of alkyl halides is 2. The van der Waals surface area contributed by atoms with E-state index >= 15 is 0 Å². The standard InChI is InChI=1S/C13H27F2NO3S.BrH/c1-4-7-10-16(11-8-5-2,12-20(17,18)19)13(14,15)9-6-3;/h4-12H2,1-3H3;1H. The summed E-state index contributed by atoms with van der Waals surface area (Å²) in [7, 11) is -4.45. The lowest BCUT2D eigenvalue weighted by atomic mass is 10.1. The third-order valence-corrected chi connectivity index (χ3v) is 4.35. The third-order valence-electron chi connectivity index (χ3n) is 3.53. The van der Waals surface area contributed by atoms with E-state index in [0.717, 1.165) is 0 Å². The zero-order valence-electron chi connectivity index (χ0n) is 13.1. The summed E-state index contributed by atoms with van der Waals surface area (Å²) in [6, 6.07) is -3.13. The average Bonchev–Trinajstić information content (AvgIpc) is 2.30. The van der Waals surface area contributed by atoms with Crippen LogP contribution in [0.2, 0.25) is 0 Å². The average molecular weight is 396 g/mol. The molecule has 0 amide bonds. The van der Waals surface area contributed by atoms with Crippen molar-refractivity contribution in [3.63, 3.8) is 0 Å². The quantitative estimate of drug-likeness (QED) is 0.317. The van der Waals surface area contributed by atoms with Gasteiger partial charge in [-0.05, 0) is 19.3 Å². The second-order valence-electron chi connectivity index (χ2n) is 5.43. The minimum atomic E-state index is -4.45. The maximum atomic E-state index is 14.5. The van der Waals surface area contributed by atoms with E-state index in [2.05, 4.69) is 0 Å². The van der Waals surface area contributed by atoms with Gasteiger partial charge in [0, 0.05) is 0 Å². The molecule has 8 heteroatoms. The van der Waals surface area contributed by atoms with Gasteiger partial charge in [-0.25, -0.2) is 4.48 Å². The summed E-state index contributed by atoms with van der Waals surface area (Å²) >= 11 is 0. The molecule has 21 heavy (non-hydrogen) atoms. The highest BCUT2D eigenvalue weighted by Gasteiger charge is 2.53. The molecule has 0 aliphatic rings. The molecular formula is C13H28BrF2NO3S. The lowest BCUT2D eigenvalue weighted by molar-refractivity contribution is -1.00. The number of rotatable bonds is 11. The van der Waals surface area contributed by atoms with E-state index in [-0.39, 0.29) is 42.9 Å². The van der Waals surface area contributed by atoms with Crippen LogP contribution in [0.4, 0.5) is 8.78 Å². The first-order valence-corrected chi connectivity index (χ1v) is 8.94. The van der Waals surface area contributed by atoms with Crippen molar-refractivity contribution in [2.75, 3.05) is 19.0 Å². The molecular weight excluding hydrogens is 368 g/mol. The van der Waals surface area contributed by atoms with Crippen LogP contribution in [0, 0.1) is 0 Å². The Bertz CT molecular complexity index is 370. The van der Waals surface area contributed by atoms with Crippen molar-refractivity contribution >= 4 is 10.1 Å². The number of hydrogen-bond donors (Lipinski definition) is 1. The van der Waals surface area contributed by atoms with Gasteiger partial charge in [0.15, 0.2) is 0 Å². The van der Waals surface area contributed by atoms with Crippen molar-refractivity contribution in [2.45, 2.75) is 65.3 Å². The minimum absolute atomic E-state index is 0. The van der Waals surface area contributed by atoms with Crippen LogP contribution >= 0.6 is 0 Å². The Morgan fingerprint density at radius 2 is 1.43 bits per heavy atom. The fraction of sp³-hybridized carbons (Fsp3) is 1.00. The first kappa shape index (κ1) is 23.5. The van der Waals surface area contributed by atoms with Gasteiger partial charge in [0.25, 0.3) is 0 Å². The van der Waals surface area contributed by atoms with E-state index < -0.39 is 26.5 Å². The summed E-state index contributed by atoms with van der Waals surface area (Å²) in [5.74, 6) is -0.903. The Morgan fingerprint density at radius 3 is 1.71 bits per heavy atom. The molecule has 0 rings (SSSR count). The van der Waals surface area contributed by atoms with Gasteiger partial charge >= 0.3 is 16.2 Å². The zero-order chi connectivity index (χ0) is 15.9. The summed E-state index contributed by atoms with van der Waals surface area (Å²) in [6.45, 7) is 5.54. The smallest absolute Gasteiger partial charge is 0.391 e. The summed E-state index contributed by atoms with van der Waals surface area (Å²) in [4.78, 5) is 0. The van der Waals surface area contributed by atoms with Crippen molar-refractivity contribution in [3.05, 3.63) is 0 Å². The van der Waals surface area contributed by atoms with Crippen LogP contribution in [0.1, 0.15) is 59.3 Å². The predicted molar refractivity (Wildman–Crippen MR) is 76.1 cm³/mol. The molecule has 0 saturated heterocycles. The highest BCUT2D eigenvalue weighted by atomic mass is 79.9. The van der Waals surface area contributed by atoms with E-state index in [4.69, 9.17) is 4.55 Å². The van der Waals surface area contributed by atoms with Crippen molar-refractivity contribution in [3.8, 4) is 0 Å². The number of nitrogens with zero attached hydrogens (tertiary/aromatic N) is 1. The highest BCUT2D eigenvalue weighted by Crippen LogP contribution is 2.35. The number of hydrogen-bond acceptors (Lipinski definition) is 2. The predicted octanol–water partition coefficient (Wildman–Crippen LogP) is 0.646. The first-order chi connectivity index (χ1) is 9.14. The molecule has 1 N–H and O–H groups in total. The van der Waals surface area contributed by atoms with E-state index in [9.17, 15) is 17.2 Å². The maximum absolute atomic E-state index is 14.5. The van der Waals surface area contributed by atoms with E-state index in [1.807, 2.05) is 13.8 Å². The summed E-state index contributed by atoms with van der Waals surface area (Å²) in [5, 5.41) is 0. The van der Waals surface area contributed by atoms with Crippen molar-refractivity contribution in [1.29, 1.82) is 0 Å². The topological polar surface area (TPSA) is 54.4 Å². The molecule has 0 unspecified atom stereocenters. The van der Waals surface area contributed by atoms with Crippen LogP contribution in [-0.2, 0) is 10.1 Å². The van der Waals surface area contributed by atoms with Gasteiger partial charge in [0.05, 0.1) is 19.5 Å². The first-order valence-electron chi connectivity index (χ1n) is 7.33. The van der Waals surface area contributed by atoms with Gasteiger partial charge in [0.2, 0.25) is 5.88 Å². The Kier molecular flexibility index (Phi) is 11.3. The number of unbranched alkanes of at least 4 members (excludes halogenated alkanes) is 2. The maximum Gasteiger partial charge on any atom is 0.391 e. The molecule has 0 radical (unpaired) electrons. The largest absolute Gasteiger partial charge is 1.00 e.